The van der Waals surface area contributed by atoms with Crippen LogP contribution in [0.2, 0.25) is 0 Å². The van der Waals surface area contributed by atoms with Crippen molar-refractivity contribution >= 4 is 5.97 Å². The van der Waals surface area contributed by atoms with Crippen LogP contribution in [-0.2, 0) is 4.74 Å². The lowest BCUT2D eigenvalue weighted by molar-refractivity contribution is 0.0600. The predicted molar refractivity (Wildman–Crippen MR) is 53.8 cm³/mol. The van der Waals surface area contributed by atoms with Crippen LogP contribution in [0.4, 0.5) is 0 Å². The summed E-state index contributed by atoms with van der Waals surface area (Å²) in [5, 5.41) is 8.51. The number of nitrogens with zero attached hydrogens (tertiary/aromatic N) is 1. The quantitative estimate of drug-likeness (QED) is 0.640. The first-order chi connectivity index (χ1) is 6.77. The second kappa shape index (κ2) is 6.67. The second-order valence-electron chi connectivity index (χ2n) is 2.18. The lowest BCUT2D eigenvalue weighted by Gasteiger charge is -1.97. The molecule has 0 atom stereocenters. The van der Waals surface area contributed by atoms with Crippen molar-refractivity contribution in [2.45, 2.75) is 13.8 Å². The molecule has 0 aliphatic heterocycles. The molecule has 1 aromatic carbocycles. The van der Waals surface area contributed by atoms with Gasteiger partial charge >= 0.3 is 5.97 Å². The van der Waals surface area contributed by atoms with Crippen molar-refractivity contribution in [2.75, 3.05) is 7.11 Å². The topological polar surface area (TPSA) is 50.1 Å². The third kappa shape index (κ3) is 3.28. The summed E-state index contributed by atoms with van der Waals surface area (Å²) in [6, 6.07) is 8.31. The fourth-order valence-corrected chi connectivity index (χ4v) is 0.834. The minimum absolute atomic E-state index is 0.400. The predicted octanol–water partition coefficient (Wildman–Crippen LogP) is 2.37. The first-order valence-electron chi connectivity index (χ1n) is 4.36. The number of hydrogen-bond donors (Lipinski definition) is 0. The fraction of sp³-hybridized carbons (Fsp3) is 0.273. The molecule has 0 bridgehead atoms. The minimum Gasteiger partial charge on any atom is -0.465 e. The molecule has 74 valence electrons. The van der Waals surface area contributed by atoms with Gasteiger partial charge in [0.25, 0.3) is 0 Å². The highest BCUT2D eigenvalue weighted by Crippen LogP contribution is 2.04. The number of carbonyl (C=O) groups excluding carboxylic acids is 1. The standard InChI is InChI=1S/C9H7NO2.C2H6/c1-12-9(11)8-4-2-3-7(5-8)6-10;1-2/h2-5H,1H3;1-2H3. The number of ether oxygens (including phenoxy) is 1. The zero-order chi connectivity index (χ0) is 11.0. The van der Waals surface area contributed by atoms with Gasteiger partial charge in [-0.15, -0.1) is 0 Å². The maximum absolute atomic E-state index is 10.9. The molecule has 0 aliphatic rings. The average Bonchev–Trinajstić information content (AvgIpc) is 2.30. The van der Waals surface area contributed by atoms with Crippen LogP contribution in [0, 0.1) is 11.3 Å². The van der Waals surface area contributed by atoms with E-state index < -0.39 is 5.97 Å². The van der Waals surface area contributed by atoms with Crippen LogP contribution < -0.4 is 0 Å². The molecular weight excluding hydrogens is 178 g/mol. The Kier molecular flexibility index (Phi) is 5.80. The molecule has 0 aliphatic carbocycles. The number of benzene rings is 1. The molecule has 0 amide bonds. The highest BCUT2D eigenvalue weighted by Gasteiger charge is 2.04. The Morgan fingerprint density at radius 1 is 1.43 bits per heavy atom. The number of nitriles is 1. The molecule has 0 saturated carbocycles. The average molecular weight is 191 g/mol. The summed E-state index contributed by atoms with van der Waals surface area (Å²) in [6.07, 6.45) is 0. The number of carbonyl (C=O) groups is 1. The van der Waals surface area contributed by atoms with Crippen molar-refractivity contribution < 1.29 is 9.53 Å². The first kappa shape index (κ1) is 12.2. The molecule has 0 saturated heterocycles. The molecule has 3 heteroatoms. The van der Waals surface area contributed by atoms with Crippen molar-refractivity contribution in [1.82, 2.24) is 0 Å². The fourth-order valence-electron chi connectivity index (χ4n) is 0.834. The molecule has 14 heavy (non-hydrogen) atoms. The highest BCUT2D eigenvalue weighted by atomic mass is 16.5. The number of methoxy groups -OCH3 is 1. The molecule has 0 aromatic heterocycles. The van der Waals surface area contributed by atoms with Crippen molar-refractivity contribution in [1.29, 1.82) is 5.26 Å². The Morgan fingerprint density at radius 2 is 2.07 bits per heavy atom. The summed E-state index contributed by atoms with van der Waals surface area (Å²) in [5.74, 6) is -0.424. The van der Waals surface area contributed by atoms with E-state index in [-0.39, 0.29) is 0 Å². The van der Waals surface area contributed by atoms with Crippen LogP contribution in [0.3, 0.4) is 0 Å². The first-order valence-corrected chi connectivity index (χ1v) is 4.36. The van der Waals surface area contributed by atoms with E-state index >= 15 is 0 Å². The van der Waals surface area contributed by atoms with Crippen molar-refractivity contribution in [2.24, 2.45) is 0 Å². The normalized spacial score (nSPS) is 7.86. The maximum atomic E-state index is 10.9. The number of esters is 1. The lowest BCUT2D eigenvalue weighted by Crippen LogP contribution is -2.00. The number of rotatable bonds is 1. The zero-order valence-corrected chi connectivity index (χ0v) is 8.57. The van der Waals surface area contributed by atoms with Gasteiger partial charge in [-0.2, -0.15) is 5.26 Å². The van der Waals surface area contributed by atoms with Gasteiger partial charge in [-0.1, -0.05) is 19.9 Å². The van der Waals surface area contributed by atoms with Crippen LogP contribution >= 0.6 is 0 Å². The van der Waals surface area contributed by atoms with Gasteiger partial charge in [-0.25, -0.2) is 4.79 Å². The summed E-state index contributed by atoms with van der Waals surface area (Å²) in [6.45, 7) is 4.00. The summed E-state index contributed by atoms with van der Waals surface area (Å²) >= 11 is 0. The summed E-state index contributed by atoms with van der Waals surface area (Å²) in [5.41, 5.74) is 0.856. The van der Waals surface area contributed by atoms with Crippen LogP contribution in [0.5, 0.6) is 0 Å². The molecule has 0 fully saturated rings. The van der Waals surface area contributed by atoms with Crippen molar-refractivity contribution in [3.63, 3.8) is 0 Å². The van der Waals surface area contributed by atoms with Gasteiger partial charge in [0.15, 0.2) is 0 Å². The Bertz CT molecular complexity index is 339. The Hall–Kier alpha value is -1.82. The molecule has 0 unspecified atom stereocenters. The van der Waals surface area contributed by atoms with Gasteiger partial charge in [0.05, 0.1) is 24.3 Å². The number of hydrogen-bond acceptors (Lipinski definition) is 3. The van der Waals surface area contributed by atoms with Crippen LogP contribution in [-0.4, -0.2) is 13.1 Å². The van der Waals surface area contributed by atoms with E-state index in [1.165, 1.54) is 13.2 Å². The lowest BCUT2D eigenvalue weighted by atomic mass is 10.1. The van der Waals surface area contributed by atoms with Gasteiger partial charge < -0.3 is 4.74 Å². The molecule has 3 nitrogen and oxygen atoms in total. The molecule has 0 spiro atoms. The monoisotopic (exact) mass is 191 g/mol. The van der Waals surface area contributed by atoms with Crippen molar-refractivity contribution in [3.8, 4) is 6.07 Å². The van der Waals surface area contributed by atoms with Gasteiger partial charge in [0.2, 0.25) is 0 Å². The van der Waals surface area contributed by atoms with Gasteiger partial charge in [0, 0.05) is 0 Å². The van der Waals surface area contributed by atoms with Crippen LogP contribution in [0.1, 0.15) is 29.8 Å². The van der Waals surface area contributed by atoms with Gasteiger partial charge in [0.1, 0.15) is 0 Å². The molecule has 1 rings (SSSR count). The van der Waals surface area contributed by atoms with E-state index in [0.29, 0.717) is 11.1 Å². The minimum atomic E-state index is -0.424. The van der Waals surface area contributed by atoms with E-state index in [2.05, 4.69) is 4.74 Å². The largest absolute Gasteiger partial charge is 0.465 e. The van der Waals surface area contributed by atoms with Crippen molar-refractivity contribution in [3.05, 3.63) is 35.4 Å². The third-order valence-corrected chi connectivity index (χ3v) is 1.41. The van der Waals surface area contributed by atoms with E-state index in [0.717, 1.165) is 0 Å². The van der Waals surface area contributed by atoms with Crippen LogP contribution in [0.15, 0.2) is 24.3 Å². The molecule has 1 aromatic rings. The summed E-state index contributed by atoms with van der Waals surface area (Å²) in [7, 11) is 1.31. The van der Waals surface area contributed by atoms with Crippen LogP contribution in [0.25, 0.3) is 0 Å². The Labute approximate surface area is 83.9 Å². The van der Waals surface area contributed by atoms with Gasteiger partial charge in [-0.05, 0) is 18.2 Å². The Morgan fingerprint density at radius 3 is 2.57 bits per heavy atom. The smallest absolute Gasteiger partial charge is 0.337 e. The summed E-state index contributed by atoms with van der Waals surface area (Å²) in [4.78, 5) is 10.9. The molecular formula is C11H13NO2. The van der Waals surface area contributed by atoms with Gasteiger partial charge in [-0.3, -0.25) is 0 Å². The SMILES string of the molecule is CC.COC(=O)c1cccc(C#N)c1. The molecule has 0 heterocycles. The maximum Gasteiger partial charge on any atom is 0.337 e. The highest BCUT2D eigenvalue weighted by molar-refractivity contribution is 5.89. The summed E-state index contributed by atoms with van der Waals surface area (Å²) < 4.78 is 4.49. The van der Waals surface area contributed by atoms with E-state index in [1.807, 2.05) is 19.9 Å². The van der Waals surface area contributed by atoms with E-state index in [9.17, 15) is 4.79 Å². The third-order valence-electron chi connectivity index (χ3n) is 1.41. The second-order valence-corrected chi connectivity index (χ2v) is 2.18. The van der Waals surface area contributed by atoms with E-state index in [1.54, 1.807) is 18.2 Å². The zero-order valence-electron chi connectivity index (χ0n) is 8.57. The van der Waals surface area contributed by atoms with E-state index in [4.69, 9.17) is 5.26 Å². The molecule has 0 N–H and O–H groups in total. The molecule has 0 radical (unpaired) electrons. The Balaban J connectivity index is 0.000000791.